The molecule has 0 amide bonds. The van der Waals surface area contributed by atoms with Crippen molar-refractivity contribution in [3.63, 3.8) is 0 Å². The Bertz CT molecular complexity index is 1460. The molecule has 0 aliphatic rings. The lowest BCUT2D eigenvalue weighted by Crippen LogP contribution is -2.52. The number of nitrogens with two attached hydrogens (primary N) is 1. The van der Waals surface area contributed by atoms with Crippen LogP contribution in [0.2, 0.25) is 0 Å². The van der Waals surface area contributed by atoms with Gasteiger partial charge in [-0.25, -0.2) is 4.79 Å². The quantitative estimate of drug-likeness (QED) is 0.0987. The van der Waals surface area contributed by atoms with Crippen molar-refractivity contribution >= 4 is 67.1 Å². The second kappa shape index (κ2) is 13.0. The number of carbonyl (C=O) groups is 1. The molecule has 1 aromatic carbocycles. The van der Waals surface area contributed by atoms with Crippen LogP contribution in [0.5, 0.6) is 5.75 Å². The highest BCUT2D eigenvalue weighted by Gasteiger charge is 2.45. The SMILES string of the molecule is Nc1ccc(CC(c2ccsc2[N+](=O)[O-])S(=O)(=O)Oc2ccc(N(CCCl)CCCl)cc2)c[n+]1C(=O)C(F)(F)F. The molecule has 1 atom stereocenters. The number of hydrogen-bond acceptors (Lipinski definition) is 9. The van der Waals surface area contributed by atoms with Crippen LogP contribution in [0, 0.1) is 10.1 Å². The maximum atomic E-state index is 13.5. The highest BCUT2D eigenvalue weighted by atomic mass is 35.5. The summed E-state index contributed by atoms with van der Waals surface area (Å²) in [6.45, 7) is 0.963. The smallest absolute Gasteiger partial charge is 0.382 e. The van der Waals surface area contributed by atoms with E-state index in [1.165, 1.54) is 29.6 Å². The first-order valence-electron chi connectivity index (χ1n) is 11.3. The first-order valence-corrected chi connectivity index (χ1v) is 14.7. The maximum Gasteiger partial charge on any atom is 0.495 e. The van der Waals surface area contributed by atoms with Gasteiger partial charge in [-0.3, -0.25) is 15.8 Å². The Hall–Kier alpha value is -3.14. The van der Waals surface area contributed by atoms with E-state index in [0.29, 0.717) is 41.9 Å². The number of anilines is 2. The average Bonchev–Trinajstić information content (AvgIpc) is 3.37. The van der Waals surface area contributed by atoms with Crippen molar-refractivity contribution in [1.82, 2.24) is 0 Å². The number of rotatable bonds is 12. The van der Waals surface area contributed by atoms with Gasteiger partial charge in [0.05, 0.1) is 10.5 Å². The van der Waals surface area contributed by atoms with E-state index in [0.717, 1.165) is 12.3 Å². The van der Waals surface area contributed by atoms with Gasteiger partial charge in [0.25, 0.3) is 5.82 Å². The number of alkyl halides is 5. The molecule has 0 aliphatic heterocycles. The third-order valence-corrected chi connectivity index (χ3v) is 8.34. The van der Waals surface area contributed by atoms with E-state index < -0.39 is 49.6 Å². The van der Waals surface area contributed by atoms with Crippen molar-refractivity contribution in [2.24, 2.45) is 0 Å². The van der Waals surface area contributed by atoms with Crippen LogP contribution in [0.15, 0.2) is 54.0 Å². The zero-order chi connectivity index (χ0) is 29.7. The summed E-state index contributed by atoms with van der Waals surface area (Å²) in [4.78, 5) is 24.5. The van der Waals surface area contributed by atoms with E-state index in [4.69, 9.17) is 33.1 Å². The second-order valence-corrected chi connectivity index (χ2v) is 11.6. The monoisotopic (exact) mass is 641 g/mol. The first kappa shape index (κ1) is 31.4. The minimum atomic E-state index is -5.26. The molecule has 2 heterocycles. The van der Waals surface area contributed by atoms with Gasteiger partial charge in [-0.2, -0.15) is 26.2 Å². The molecule has 40 heavy (non-hydrogen) atoms. The van der Waals surface area contributed by atoms with Gasteiger partial charge in [0.15, 0.2) is 0 Å². The first-order chi connectivity index (χ1) is 18.8. The molecule has 17 heteroatoms. The number of nitrogens with zero attached hydrogens (tertiary/aromatic N) is 3. The molecule has 0 fully saturated rings. The summed E-state index contributed by atoms with van der Waals surface area (Å²) in [5.74, 6) is -2.29. The van der Waals surface area contributed by atoms with E-state index in [1.807, 2.05) is 4.90 Å². The molecule has 0 saturated carbocycles. The fraction of sp³-hybridized carbons (Fsp3) is 0.304. The van der Waals surface area contributed by atoms with Gasteiger partial charge in [-0.15, -0.1) is 23.2 Å². The third-order valence-electron chi connectivity index (χ3n) is 5.58. The molecule has 0 spiro atoms. The molecule has 0 bridgehead atoms. The number of halogens is 5. The highest BCUT2D eigenvalue weighted by Crippen LogP contribution is 2.38. The lowest BCUT2D eigenvalue weighted by molar-refractivity contribution is -0.572. The number of pyridine rings is 1. The zero-order valence-corrected chi connectivity index (χ0v) is 23.5. The predicted molar refractivity (Wildman–Crippen MR) is 145 cm³/mol. The summed E-state index contributed by atoms with van der Waals surface area (Å²) in [6.07, 6.45) is -5.08. The zero-order valence-electron chi connectivity index (χ0n) is 20.4. The van der Waals surface area contributed by atoms with Crippen molar-refractivity contribution in [2.75, 3.05) is 35.5 Å². The largest absolute Gasteiger partial charge is 0.495 e. The summed E-state index contributed by atoms with van der Waals surface area (Å²) >= 11 is 12.3. The molecule has 216 valence electrons. The number of aromatic nitrogens is 1. The molecule has 1 unspecified atom stereocenters. The number of nitro groups is 1. The van der Waals surface area contributed by atoms with Gasteiger partial charge in [-0.1, -0.05) is 11.3 Å². The lowest BCUT2D eigenvalue weighted by atomic mass is 10.1. The van der Waals surface area contributed by atoms with E-state index in [9.17, 15) is 36.5 Å². The summed E-state index contributed by atoms with van der Waals surface area (Å²) in [6, 6.07) is 9.35. The number of thiophene rings is 1. The fourth-order valence-corrected chi connectivity index (χ4v) is 6.41. The van der Waals surface area contributed by atoms with Crippen LogP contribution < -0.4 is 19.4 Å². The molecular formula is C23H22Cl2F3N4O6S2+. The molecule has 3 aromatic rings. The van der Waals surface area contributed by atoms with E-state index >= 15 is 0 Å². The van der Waals surface area contributed by atoms with Crippen LogP contribution in [-0.2, 0) is 16.5 Å². The molecule has 10 nitrogen and oxygen atoms in total. The highest BCUT2D eigenvalue weighted by molar-refractivity contribution is 7.87. The number of benzene rings is 1. The molecule has 0 radical (unpaired) electrons. The third kappa shape index (κ3) is 7.53. The van der Waals surface area contributed by atoms with Gasteiger partial charge in [0.2, 0.25) is 0 Å². The van der Waals surface area contributed by atoms with Gasteiger partial charge >= 0.3 is 27.2 Å². The molecular weight excluding hydrogens is 620 g/mol. The Labute approximate surface area is 241 Å². The molecule has 0 aliphatic carbocycles. The van der Waals surface area contributed by atoms with Crippen molar-refractivity contribution in [2.45, 2.75) is 17.8 Å². The molecule has 0 saturated heterocycles. The molecule has 2 N–H and O–H groups in total. The summed E-state index contributed by atoms with van der Waals surface area (Å²) in [5.41, 5.74) is 5.92. The maximum absolute atomic E-state index is 13.5. The number of nitrogen functional groups attached to an aromatic ring is 1. The van der Waals surface area contributed by atoms with Gasteiger partial charge in [-0.05, 0) is 47.3 Å². The minimum Gasteiger partial charge on any atom is -0.382 e. The van der Waals surface area contributed by atoms with Gasteiger partial charge < -0.3 is 9.08 Å². The normalized spacial score (nSPS) is 12.6. The summed E-state index contributed by atoms with van der Waals surface area (Å²) < 4.78 is 71.5. The van der Waals surface area contributed by atoms with Crippen LogP contribution in [0.25, 0.3) is 0 Å². The Morgan fingerprint density at radius 2 is 1.75 bits per heavy atom. The Morgan fingerprint density at radius 1 is 1.12 bits per heavy atom. The van der Waals surface area contributed by atoms with Crippen molar-refractivity contribution in [3.8, 4) is 5.75 Å². The Morgan fingerprint density at radius 3 is 2.30 bits per heavy atom. The van der Waals surface area contributed by atoms with Crippen LogP contribution in [0.4, 0.5) is 29.7 Å². The van der Waals surface area contributed by atoms with Crippen molar-refractivity contribution in [3.05, 3.63) is 75.3 Å². The van der Waals surface area contributed by atoms with Crippen LogP contribution in [-0.4, -0.2) is 50.3 Å². The van der Waals surface area contributed by atoms with E-state index in [-0.39, 0.29) is 21.4 Å². The van der Waals surface area contributed by atoms with E-state index in [2.05, 4.69) is 0 Å². The fourth-order valence-electron chi connectivity index (χ4n) is 3.75. The van der Waals surface area contributed by atoms with Crippen LogP contribution in [0.1, 0.15) is 21.2 Å². The summed E-state index contributed by atoms with van der Waals surface area (Å²) in [7, 11) is -4.68. The number of hydrogen-bond donors (Lipinski definition) is 1. The topological polar surface area (TPSA) is 137 Å². The predicted octanol–water partition coefficient (Wildman–Crippen LogP) is 4.71. The van der Waals surface area contributed by atoms with Gasteiger partial charge in [0.1, 0.15) is 17.2 Å². The van der Waals surface area contributed by atoms with Crippen molar-refractivity contribution in [1.29, 1.82) is 0 Å². The second-order valence-electron chi connectivity index (χ2n) is 8.20. The lowest BCUT2D eigenvalue weighted by Gasteiger charge is -2.23. The van der Waals surface area contributed by atoms with Gasteiger partial charge in [0, 0.05) is 43.0 Å². The van der Waals surface area contributed by atoms with Crippen LogP contribution >= 0.6 is 34.5 Å². The number of carbonyl (C=O) groups excluding carboxylic acids is 1. The van der Waals surface area contributed by atoms with Crippen molar-refractivity contribution < 1.29 is 40.1 Å². The Kier molecular flexibility index (Phi) is 10.2. The standard InChI is InChI=1S/C23H21Cl2F3N4O6S2/c24-8-10-30(11-9-25)16-2-4-17(5-3-16)38-40(36,37)19(18-7-12-39-21(18)32(34)35)13-15-1-6-20(29)31(14-15)22(33)23(26,27)28/h1-7,12,14,19,29H,8-11,13H2/p+1. The summed E-state index contributed by atoms with van der Waals surface area (Å²) in [5, 5.41) is 10.7. The van der Waals surface area contributed by atoms with Crippen LogP contribution in [0.3, 0.4) is 0 Å². The minimum absolute atomic E-state index is 0.0717. The molecule has 2 aromatic heterocycles. The molecule has 3 rings (SSSR count). The Balaban J connectivity index is 1.99. The van der Waals surface area contributed by atoms with E-state index in [1.54, 1.807) is 12.1 Å². The average molecular weight is 642 g/mol.